The predicted molar refractivity (Wildman–Crippen MR) is 73.3 cm³/mol. The minimum Gasteiger partial charge on any atom is -0.367 e. The van der Waals surface area contributed by atoms with E-state index >= 15 is 0 Å². The second kappa shape index (κ2) is 5.28. The van der Waals surface area contributed by atoms with Crippen molar-refractivity contribution in [1.82, 2.24) is 4.90 Å². The molecule has 0 aromatic heterocycles. The fourth-order valence-electron chi connectivity index (χ4n) is 2.76. The van der Waals surface area contributed by atoms with Crippen LogP contribution in [0.3, 0.4) is 0 Å². The molecule has 1 heterocycles. The summed E-state index contributed by atoms with van der Waals surface area (Å²) in [4.78, 5) is 2.54. The second-order valence-corrected chi connectivity index (χ2v) is 6.61. The monoisotopic (exact) mass is 245 g/mol. The van der Waals surface area contributed by atoms with E-state index < -0.39 is 0 Å². The maximum atomic E-state index is 6.08. The van der Waals surface area contributed by atoms with E-state index in [-0.39, 0.29) is 11.2 Å². The van der Waals surface area contributed by atoms with Gasteiger partial charge in [0.05, 0.1) is 11.2 Å². The predicted octanol–water partition coefficient (Wildman–Crippen LogP) is 2.83. The molecule has 0 saturated carbocycles. The highest BCUT2D eigenvalue weighted by atomic mass is 32.1. The van der Waals surface area contributed by atoms with Crippen molar-refractivity contribution < 1.29 is 4.74 Å². The Morgan fingerprint density at radius 2 is 1.69 bits per heavy atom. The zero-order valence-electron chi connectivity index (χ0n) is 11.4. The van der Waals surface area contributed by atoms with Gasteiger partial charge in [0.15, 0.2) is 0 Å². The summed E-state index contributed by atoms with van der Waals surface area (Å²) in [5.74, 6) is 1.68. The molecule has 2 nitrogen and oxygen atoms in total. The second-order valence-electron chi connectivity index (χ2n) is 6.25. The molecule has 1 aliphatic rings. The molecule has 0 aromatic carbocycles. The number of hydrogen-bond acceptors (Lipinski definition) is 3. The number of thiol groups is 1. The molecule has 1 aliphatic heterocycles. The smallest absolute Gasteiger partial charge is 0.0760 e. The average molecular weight is 245 g/mol. The minimum absolute atomic E-state index is 0.0311. The third-order valence-electron chi connectivity index (χ3n) is 3.11. The molecule has 0 aliphatic carbocycles. The van der Waals surface area contributed by atoms with E-state index in [0.29, 0.717) is 5.92 Å². The molecule has 0 amide bonds. The summed E-state index contributed by atoms with van der Waals surface area (Å²) in [5.41, 5.74) is -0.0622. The molecule has 1 atom stereocenters. The highest BCUT2D eigenvalue weighted by Crippen LogP contribution is 2.28. The number of hydrogen-bond donors (Lipinski definition) is 1. The van der Waals surface area contributed by atoms with Crippen LogP contribution >= 0.6 is 12.6 Å². The largest absolute Gasteiger partial charge is 0.367 e. The molecule has 96 valence electrons. The van der Waals surface area contributed by atoms with Crippen LogP contribution in [0.25, 0.3) is 0 Å². The van der Waals surface area contributed by atoms with Crippen LogP contribution in [0.5, 0.6) is 0 Å². The third kappa shape index (κ3) is 4.27. The molecule has 0 aromatic rings. The van der Waals surface area contributed by atoms with Crippen LogP contribution in [-0.2, 0) is 4.74 Å². The van der Waals surface area contributed by atoms with Gasteiger partial charge in [-0.3, -0.25) is 4.90 Å². The third-order valence-corrected chi connectivity index (χ3v) is 3.63. The number of ether oxygens (including phenoxy) is 1. The molecule has 16 heavy (non-hydrogen) atoms. The zero-order chi connectivity index (χ0) is 12.4. The first-order valence-electron chi connectivity index (χ1n) is 6.31. The van der Waals surface area contributed by atoms with Crippen LogP contribution in [0.15, 0.2) is 0 Å². The molecular weight excluding hydrogens is 218 g/mol. The molecule has 0 spiro atoms. The van der Waals surface area contributed by atoms with Crippen LogP contribution in [0.4, 0.5) is 0 Å². The number of rotatable bonds is 4. The average Bonchev–Trinajstić information content (AvgIpc) is 2.09. The van der Waals surface area contributed by atoms with E-state index in [1.54, 1.807) is 0 Å². The van der Waals surface area contributed by atoms with Gasteiger partial charge >= 0.3 is 0 Å². The highest BCUT2D eigenvalue weighted by molar-refractivity contribution is 7.80. The maximum Gasteiger partial charge on any atom is 0.0760 e. The van der Waals surface area contributed by atoms with E-state index in [1.807, 2.05) is 0 Å². The Morgan fingerprint density at radius 3 is 2.06 bits per heavy atom. The van der Waals surface area contributed by atoms with Crippen molar-refractivity contribution in [1.29, 1.82) is 0 Å². The standard InChI is InChI=1S/C13H27NOS/c1-6-11(8-16)7-14-9-12(2,3)15-13(4,5)10-14/h11,16H,6-10H2,1-5H3. The van der Waals surface area contributed by atoms with Crippen molar-refractivity contribution in [2.75, 3.05) is 25.4 Å². The Labute approximate surface area is 106 Å². The molecular formula is C13H27NOS. The molecule has 1 rings (SSSR count). The number of morpholine rings is 1. The van der Waals surface area contributed by atoms with Gasteiger partial charge in [0, 0.05) is 19.6 Å². The molecule has 1 saturated heterocycles. The van der Waals surface area contributed by atoms with Gasteiger partial charge in [-0.05, 0) is 39.4 Å². The van der Waals surface area contributed by atoms with Gasteiger partial charge in [-0.2, -0.15) is 12.6 Å². The first-order valence-corrected chi connectivity index (χ1v) is 6.94. The zero-order valence-corrected chi connectivity index (χ0v) is 12.3. The van der Waals surface area contributed by atoms with Crippen molar-refractivity contribution in [3.63, 3.8) is 0 Å². The van der Waals surface area contributed by atoms with Crippen LogP contribution in [0.1, 0.15) is 41.0 Å². The SMILES string of the molecule is CCC(CS)CN1CC(C)(C)OC(C)(C)C1. The fourth-order valence-corrected chi connectivity index (χ4v) is 3.13. The van der Waals surface area contributed by atoms with Crippen LogP contribution in [0, 0.1) is 5.92 Å². The summed E-state index contributed by atoms with van der Waals surface area (Å²) in [6, 6.07) is 0. The summed E-state index contributed by atoms with van der Waals surface area (Å²) in [6.45, 7) is 14.2. The Hall–Kier alpha value is 0.270. The lowest BCUT2D eigenvalue weighted by Crippen LogP contribution is -2.57. The minimum atomic E-state index is -0.0311. The lowest BCUT2D eigenvalue weighted by atomic mass is 9.97. The van der Waals surface area contributed by atoms with Gasteiger partial charge in [-0.15, -0.1) is 0 Å². The topological polar surface area (TPSA) is 12.5 Å². The molecule has 0 N–H and O–H groups in total. The summed E-state index contributed by atoms with van der Waals surface area (Å²) < 4.78 is 6.08. The van der Waals surface area contributed by atoms with Crippen molar-refractivity contribution in [2.24, 2.45) is 5.92 Å². The lowest BCUT2D eigenvalue weighted by Gasteiger charge is -2.48. The van der Waals surface area contributed by atoms with E-state index in [0.717, 1.165) is 25.4 Å². The summed E-state index contributed by atoms with van der Waals surface area (Å²) in [5, 5.41) is 0. The van der Waals surface area contributed by atoms with Gasteiger partial charge in [-0.1, -0.05) is 13.3 Å². The summed E-state index contributed by atoms with van der Waals surface area (Å²) in [7, 11) is 0. The van der Waals surface area contributed by atoms with Crippen molar-refractivity contribution in [3.05, 3.63) is 0 Å². The van der Waals surface area contributed by atoms with Crippen molar-refractivity contribution in [3.8, 4) is 0 Å². The van der Waals surface area contributed by atoms with E-state index in [1.165, 1.54) is 6.42 Å². The normalized spacial score (nSPS) is 26.6. The Bertz CT molecular complexity index is 208. The lowest BCUT2D eigenvalue weighted by molar-refractivity contribution is -0.181. The van der Waals surface area contributed by atoms with Gasteiger partial charge in [0.2, 0.25) is 0 Å². The van der Waals surface area contributed by atoms with E-state index in [4.69, 9.17) is 4.74 Å². The van der Waals surface area contributed by atoms with E-state index in [2.05, 4.69) is 52.1 Å². The number of nitrogens with zero attached hydrogens (tertiary/aromatic N) is 1. The first-order chi connectivity index (χ1) is 7.28. The highest BCUT2D eigenvalue weighted by Gasteiger charge is 2.38. The molecule has 0 bridgehead atoms. The first kappa shape index (κ1) is 14.3. The van der Waals surface area contributed by atoms with Crippen molar-refractivity contribution in [2.45, 2.75) is 52.2 Å². The Morgan fingerprint density at radius 1 is 1.19 bits per heavy atom. The summed E-state index contributed by atoms with van der Waals surface area (Å²) >= 11 is 4.42. The maximum absolute atomic E-state index is 6.08. The molecule has 3 heteroatoms. The molecule has 1 unspecified atom stereocenters. The fraction of sp³-hybridized carbons (Fsp3) is 1.00. The van der Waals surface area contributed by atoms with Crippen LogP contribution < -0.4 is 0 Å². The Balaban J connectivity index is 2.60. The van der Waals surface area contributed by atoms with Gasteiger partial charge < -0.3 is 4.74 Å². The molecule has 0 radical (unpaired) electrons. The van der Waals surface area contributed by atoms with Crippen molar-refractivity contribution >= 4 is 12.6 Å². The van der Waals surface area contributed by atoms with Gasteiger partial charge in [0.25, 0.3) is 0 Å². The van der Waals surface area contributed by atoms with Gasteiger partial charge in [0.1, 0.15) is 0 Å². The molecule has 1 fully saturated rings. The van der Waals surface area contributed by atoms with Gasteiger partial charge in [-0.25, -0.2) is 0 Å². The van der Waals surface area contributed by atoms with Crippen LogP contribution in [-0.4, -0.2) is 41.5 Å². The van der Waals surface area contributed by atoms with Crippen LogP contribution in [0.2, 0.25) is 0 Å². The Kier molecular flexibility index (Phi) is 4.73. The van der Waals surface area contributed by atoms with E-state index in [9.17, 15) is 0 Å². The quantitative estimate of drug-likeness (QED) is 0.765. The summed E-state index contributed by atoms with van der Waals surface area (Å²) in [6.07, 6.45) is 1.21.